The number of halogens is 2. The van der Waals surface area contributed by atoms with Crippen molar-refractivity contribution in [3.63, 3.8) is 0 Å². The van der Waals surface area contributed by atoms with Crippen molar-refractivity contribution in [3.05, 3.63) is 123 Å². The molecule has 0 aliphatic rings. The molecule has 0 nitrogen and oxygen atoms in total. The Bertz CT molecular complexity index is 670. The predicted octanol–water partition coefficient (Wildman–Crippen LogP) is 11.9. The molecule has 3 rings (SSSR count). The second-order valence-corrected chi connectivity index (χ2v) is 10.8. The molecule has 0 aliphatic heterocycles. The average molecular weight is 605 g/mol. The van der Waals surface area contributed by atoms with Crippen molar-refractivity contribution in [1.29, 1.82) is 0 Å². The first kappa shape index (κ1) is 38.4. The van der Waals surface area contributed by atoms with E-state index in [9.17, 15) is 0 Å². The molecule has 0 saturated carbocycles. The second-order valence-electron chi connectivity index (χ2n) is 8.21. The third-order valence-electron chi connectivity index (χ3n) is 5.94. The van der Waals surface area contributed by atoms with E-state index in [1.165, 1.54) is 36.0 Å². The van der Waals surface area contributed by atoms with Crippen LogP contribution in [0.5, 0.6) is 0 Å². The maximum absolute atomic E-state index is 4.85. The van der Waals surface area contributed by atoms with Gasteiger partial charge >= 0.3 is 34.5 Å². The predicted molar refractivity (Wildman–Crippen MR) is 160 cm³/mol. The van der Waals surface area contributed by atoms with Gasteiger partial charge in [0.05, 0.1) is 0 Å². The maximum atomic E-state index is 4.85. The molecule has 0 aromatic heterocycles. The molecule has 0 heterocycles. The normalized spacial score (nSPS) is 11.7. The van der Waals surface area contributed by atoms with Gasteiger partial charge in [0.2, 0.25) is 0 Å². The molecule has 3 atom stereocenters. The van der Waals surface area contributed by atoms with Crippen molar-refractivity contribution in [1.82, 2.24) is 0 Å². The summed E-state index contributed by atoms with van der Waals surface area (Å²) in [7, 11) is 9.71. The van der Waals surface area contributed by atoms with E-state index in [1.807, 2.05) is 0 Å². The summed E-state index contributed by atoms with van der Waals surface area (Å²) in [6, 6.07) is 31.9. The van der Waals surface area contributed by atoms with Crippen molar-refractivity contribution >= 4 is 19.4 Å². The van der Waals surface area contributed by atoms with Crippen molar-refractivity contribution in [3.8, 4) is 0 Å². The van der Waals surface area contributed by atoms with E-state index >= 15 is 0 Å². The Kier molecular flexibility index (Phi) is 28.5. The Hall–Kier alpha value is -1.14. The Morgan fingerprint density at radius 3 is 0.800 bits per heavy atom. The summed E-state index contributed by atoms with van der Waals surface area (Å²) in [5.41, 5.74) is 4.35. The minimum atomic E-state index is -0.346. The average Bonchev–Trinajstić information content (AvgIpc) is 2.90. The molecule has 35 heavy (non-hydrogen) atoms. The molecular formula is C32H48Cl2Ru. The van der Waals surface area contributed by atoms with Crippen molar-refractivity contribution in [2.75, 3.05) is 0 Å². The molecule has 0 aliphatic carbocycles. The van der Waals surface area contributed by atoms with Gasteiger partial charge in [-0.05, 0) is 53.7 Å². The first-order valence-electron chi connectivity index (χ1n) is 11.9. The van der Waals surface area contributed by atoms with Crippen molar-refractivity contribution < 1.29 is 15.1 Å². The van der Waals surface area contributed by atoms with Gasteiger partial charge in [-0.2, -0.15) is 0 Å². The van der Waals surface area contributed by atoms with Crippen LogP contribution in [-0.2, 0) is 15.1 Å². The van der Waals surface area contributed by atoms with Crippen LogP contribution in [0, 0.1) is 14.9 Å². The fourth-order valence-electron chi connectivity index (χ4n) is 3.05. The molecule has 0 spiro atoms. The fraction of sp³-hybridized carbons (Fsp3) is 0.375. The van der Waals surface area contributed by atoms with E-state index in [2.05, 4.69) is 133 Å². The monoisotopic (exact) mass is 604 g/mol. The quantitative estimate of drug-likeness (QED) is 0.194. The minimum absolute atomic E-state index is 0. The number of hydrogen-bond acceptors (Lipinski definition) is 0. The Morgan fingerprint density at radius 1 is 0.486 bits per heavy atom. The Balaban J connectivity index is -0.000000404. The van der Waals surface area contributed by atoms with Gasteiger partial charge in [-0.25, -0.2) is 0 Å². The van der Waals surface area contributed by atoms with E-state index < -0.39 is 0 Å². The summed E-state index contributed by atoms with van der Waals surface area (Å²) in [4.78, 5) is 0. The third kappa shape index (κ3) is 18.7. The first-order chi connectivity index (χ1) is 15.9. The standard InChI is InChI=1S/3C10H14.2CH3.2ClH.Ru/c3*1-3-9(2)10-7-5-4-6-8-10;;;;;/h3*4-9H,3H2,1-2H3;2*1H3;2*1H;/q;;;2*-1;;;+4/p-2. The van der Waals surface area contributed by atoms with E-state index in [0.29, 0.717) is 17.8 Å². The summed E-state index contributed by atoms with van der Waals surface area (Å²) in [5.74, 6) is 2.13. The zero-order chi connectivity index (χ0) is 24.9. The van der Waals surface area contributed by atoms with Crippen LogP contribution in [0.15, 0.2) is 91.0 Å². The van der Waals surface area contributed by atoms with Crippen LogP contribution in [0.2, 0.25) is 0 Å². The van der Waals surface area contributed by atoms with Crippen LogP contribution in [0.3, 0.4) is 0 Å². The molecular weight excluding hydrogens is 556 g/mol. The van der Waals surface area contributed by atoms with E-state index in [1.54, 1.807) is 0 Å². The van der Waals surface area contributed by atoms with Crippen molar-refractivity contribution in [2.45, 2.75) is 78.6 Å². The van der Waals surface area contributed by atoms with E-state index in [4.69, 9.17) is 19.4 Å². The molecule has 3 aromatic carbocycles. The van der Waals surface area contributed by atoms with Crippen LogP contribution in [0.25, 0.3) is 0 Å². The molecule has 0 N–H and O–H groups in total. The van der Waals surface area contributed by atoms with Gasteiger partial charge in [0.15, 0.2) is 0 Å². The van der Waals surface area contributed by atoms with Gasteiger partial charge in [0.1, 0.15) is 0 Å². The van der Waals surface area contributed by atoms with Gasteiger partial charge < -0.3 is 14.9 Å². The van der Waals surface area contributed by atoms with E-state index in [-0.39, 0.29) is 30.0 Å². The molecule has 198 valence electrons. The number of benzene rings is 3. The molecule has 3 unspecified atom stereocenters. The molecule has 0 amide bonds. The van der Waals surface area contributed by atoms with E-state index in [0.717, 1.165) is 0 Å². The third-order valence-corrected chi connectivity index (χ3v) is 5.94. The molecule has 0 bridgehead atoms. The van der Waals surface area contributed by atoms with Gasteiger partial charge in [-0.15, -0.1) is 0 Å². The zero-order valence-corrected chi connectivity index (χ0v) is 26.4. The molecule has 0 radical (unpaired) electrons. The van der Waals surface area contributed by atoms with Gasteiger partial charge in [0.25, 0.3) is 0 Å². The van der Waals surface area contributed by atoms with Crippen LogP contribution in [0.4, 0.5) is 0 Å². The van der Waals surface area contributed by atoms with Gasteiger partial charge in [-0.1, -0.05) is 133 Å². The second kappa shape index (κ2) is 25.9. The number of hydrogen-bond donors (Lipinski definition) is 0. The summed E-state index contributed by atoms with van der Waals surface area (Å²) in [5, 5.41) is 0. The molecule has 3 heteroatoms. The van der Waals surface area contributed by atoms with Gasteiger partial charge in [0, 0.05) is 0 Å². The van der Waals surface area contributed by atoms with Crippen LogP contribution in [-0.4, -0.2) is 0 Å². The Labute approximate surface area is 234 Å². The summed E-state index contributed by atoms with van der Waals surface area (Å²) in [6.07, 6.45) is 3.68. The topological polar surface area (TPSA) is 0 Å². The molecule has 0 saturated heterocycles. The summed E-state index contributed by atoms with van der Waals surface area (Å²) >= 11 is -0.346. The first-order valence-corrected chi connectivity index (χ1v) is 16.4. The molecule has 3 aromatic rings. The molecule has 0 fully saturated rings. The van der Waals surface area contributed by atoms with Crippen LogP contribution < -0.4 is 0 Å². The van der Waals surface area contributed by atoms with Crippen LogP contribution >= 0.6 is 19.4 Å². The Morgan fingerprint density at radius 2 is 0.657 bits per heavy atom. The summed E-state index contributed by atoms with van der Waals surface area (Å²) in [6.45, 7) is 13.4. The van der Waals surface area contributed by atoms with Gasteiger partial charge in [-0.3, -0.25) is 0 Å². The van der Waals surface area contributed by atoms with Crippen LogP contribution in [0.1, 0.15) is 95.2 Å². The zero-order valence-electron chi connectivity index (χ0n) is 23.1. The SMILES string of the molecule is CCC(C)c1ccccc1.CCC(C)c1ccccc1.CCC(C)c1ccccc1.[CH3-].[CH3-].[Cl][Ru+2][Cl]. The summed E-state index contributed by atoms with van der Waals surface area (Å²) < 4.78 is 0. The van der Waals surface area contributed by atoms with Crippen molar-refractivity contribution in [2.24, 2.45) is 0 Å². The fourth-order valence-corrected chi connectivity index (χ4v) is 3.05. The number of rotatable bonds is 6.